The maximum atomic E-state index is 12.9. The average molecular weight is 350 g/mol. The van der Waals surface area contributed by atoms with Gasteiger partial charge in [-0.05, 0) is 30.9 Å². The molecule has 5 heteroatoms. The highest BCUT2D eigenvalue weighted by atomic mass is 16.5. The molecule has 1 N–H and O–H groups in total. The molecule has 2 aromatic carbocycles. The van der Waals surface area contributed by atoms with E-state index in [4.69, 9.17) is 4.74 Å². The summed E-state index contributed by atoms with van der Waals surface area (Å²) in [4.78, 5) is 24.5. The van der Waals surface area contributed by atoms with Crippen molar-refractivity contribution in [2.24, 2.45) is 0 Å². The zero-order chi connectivity index (χ0) is 18.5. The van der Waals surface area contributed by atoms with Crippen LogP contribution in [0.2, 0.25) is 0 Å². The van der Waals surface area contributed by atoms with Gasteiger partial charge in [0.25, 0.3) is 5.56 Å². The monoisotopic (exact) mass is 350 g/mol. The predicted molar refractivity (Wildman–Crippen MR) is 103 cm³/mol. The van der Waals surface area contributed by atoms with Crippen molar-refractivity contribution in [3.8, 4) is 11.1 Å². The molecule has 0 aliphatic heterocycles. The SMILES string of the molecule is CCOC(=O)NC(C)Cn1cc(-c2ccccc2)c2ccccc2c1=O. The fourth-order valence-corrected chi connectivity index (χ4v) is 3.04. The van der Waals surface area contributed by atoms with Gasteiger partial charge in [-0.2, -0.15) is 0 Å². The number of benzene rings is 2. The summed E-state index contributed by atoms with van der Waals surface area (Å²) in [6, 6.07) is 17.3. The van der Waals surface area contributed by atoms with E-state index in [9.17, 15) is 9.59 Å². The highest BCUT2D eigenvalue weighted by molar-refractivity contribution is 5.95. The van der Waals surface area contributed by atoms with Crippen molar-refractivity contribution in [1.82, 2.24) is 9.88 Å². The summed E-state index contributed by atoms with van der Waals surface area (Å²) in [5, 5.41) is 4.33. The third-order valence-electron chi connectivity index (χ3n) is 4.19. The van der Waals surface area contributed by atoms with Gasteiger partial charge in [-0.1, -0.05) is 48.5 Å². The molecule has 0 saturated heterocycles. The van der Waals surface area contributed by atoms with Crippen LogP contribution in [0.25, 0.3) is 21.9 Å². The first-order chi connectivity index (χ1) is 12.6. The Bertz CT molecular complexity index is 964. The molecule has 0 fully saturated rings. The zero-order valence-corrected chi connectivity index (χ0v) is 14.9. The Balaban J connectivity index is 2.02. The highest BCUT2D eigenvalue weighted by Gasteiger charge is 2.13. The zero-order valence-electron chi connectivity index (χ0n) is 14.9. The van der Waals surface area contributed by atoms with Crippen LogP contribution in [0.3, 0.4) is 0 Å². The number of amides is 1. The van der Waals surface area contributed by atoms with Crippen LogP contribution in [0.5, 0.6) is 0 Å². The largest absolute Gasteiger partial charge is 0.450 e. The van der Waals surface area contributed by atoms with E-state index in [-0.39, 0.29) is 11.6 Å². The van der Waals surface area contributed by atoms with E-state index in [1.165, 1.54) is 0 Å². The minimum absolute atomic E-state index is 0.0715. The van der Waals surface area contributed by atoms with E-state index in [1.54, 1.807) is 11.5 Å². The number of hydrogen-bond acceptors (Lipinski definition) is 3. The molecule has 0 saturated carbocycles. The van der Waals surface area contributed by atoms with Gasteiger partial charge in [0.05, 0.1) is 6.61 Å². The minimum Gasteiger partial charge on any atom is -0.450 e. The Kier molecular flexibility index (Phi) is 5.37. The van der Waals surface area contributed by atoms with E-state index >= 15 is 0 Å². The van der Waals surface area contributed by atoms with Gasteiger partial charge in [0.2, 0.25) is 0 Å². The van der Waals surface area contributed by atoms with Gasteiger partial charge < -0.3 is 14.6 Å². The fourth-order valence-electron chi connectivity index (χ4n) is 3.04. The second-order valence-electron chi connectivity index (χ2n) is 6.18. The van der Waals surface area contributed by atoms with Gasteiger partial charge in [-0.3, -0.25) is 4.79 Å². The lowest BCUT2D eigenvalue weighted by atomic mass is 10.0. The summed E-state index contributed by atoms with van der Waals surface area (Å²) < 4.78 is 6.56. The van der Waals surface area contributed by atoms with Crippen molar-refractivity contribution in [1.29, 1.82) is 0 Å². The Labute approximate surface area is 152 Å². The summed E-state index contributed by atoms with van der Waals surface area (Å²) in [6.45, 7) is 4.28. The molecule has 1 atom stereocenters. The highest BCUT2D eigenvalue weighted by Crippen LogP contribution is 2.26. The number of fused-ring (bicyclic) bond motifs is 1. The number of alkyl carbamates (subject to hydrolysis) is 1. The van der Waals surface area contributed by atoms with Crippen LogP contribution in [0.1, 0.15) is 13.8 Å². The summed E-state index contributed by atoms with van der Waals surface area (Å²) in [6.07, 6.45) is 1.39. The standard InChI is InChI=1S/C21H22N2O3/c1-3-26-21(25)22-15(2)13-23-14-19(16-9-5-4-6-10-16)17-11-7-8-12-18(17)20(23)24/h4-12,14-15H,3,13H2,1-2H3,(H,22,25). The fraction of sp³-hybridized carbons (Fsp3) is 0.238. The molecular weight excluding hydrogens is 328 g/mol. The lowest BCUT2D eigenvalue weighted by Gasteiger charge is -2.17. The summed E-state index contributed by atoms with van der Waals surface area (Å²) in [5.41, 5.74) is 1.96. The molecule has 3 aromatic rings. The third kappa shape index (κ3) is 3.77. The molecule has 134 valence electrons. The molecule has 0 spiro atoms. The second-order valence-corrected chi connectivity index (χ2v) is 6.18. The Hall–Kier alpha value is -3.08. The molecular formula is C21H22N2O3. The maximum Gasteiger partial charge on any atom is 0.407 e. The molecule has 26 heavy (non-hydrogen) atoms. The molecule has 1 heterocycles. The quantitative estimate of drug-likeness (QED) is 0.761. The number of ether oxygens (including phenoxy) is 1. The van der Waals surface area contributed by atoms with Gasteiger partial charge in [-0.25, -0.2) is 4.79 Å². The van der Waals surface area contributed by atoms with E-state index in [0.29, 0.717) is 18.5 Å². The van der Waals surface area contributed by atoms with Gasteiger partial charge in [0.1, 0.15) is 0 Å². The van der Waals surface area contributed by atoms with Crippen LogP contribution >= 0.6 is 0 Å². The third-order valence-corrected chi connectivity index (χ3v) is 4.19. The number of nitrogens with zero attached hydrogens (tertiary/aromatic N) is 1. The van der Waals surface area contributed by atoms with Crippen LogP contribution in [0.4, 0.5) is 4.79 Å². The van der Waals surface area contributed by atoms with Crippen LogP contribution in [-0.2, 0) is 11.3 Å². The van der Waals surface area contributed by atoms with Gasteiger partial charge >= 0.3 is 6.09 Å². The molecule has 3 rings (SSSR count). The van der Waals surface area contributed by atoms with Crippen molar-refractivity contribution < 1.29 is 9.53 Å². The van der Waals surface area contributed by atoms with Crippen molar-refractivity contribution in [2.75, 3.05) is 6.61 Å². The molecule has 0 bridgehead atoms. The van der Waals surface area contributed by atoms with Crippen LogP contribution in [0, 0.1) is 0 Å². The molecule has 0 aliphatic rings. The normalized spacial score (nSPS) is 11.9. The van der Waals surface area contributed by atoms with E-state index in [1.807, 2.05) is 67.7 Å². The Morgan fingerprint density at radius 3 is 2.42 bits per heavy atom. The van der Waals surface area contributed by atoms with E-state index in [0.717, 1.165) is 16.5 Å². The number of carbonyl (C=O) groups is 1. The average Bonchev–Trinajstić information content (AvgIpc) is 2.65. The summed E-state index contributed by atoms with van der Waals surface area (Å²) in [5.74, 6) is 0. The first kappa shape index (κ1) is 17.7. The molecule has 1 aromatic heterocycles. The number of rotatable bonds is 5. The first-order valence-corrected chi connectivity index (χ1v) is 8.71. The first-order valence-electron chi connectivity index (χ1n) is 8.71. The predicted octanol–water partition coefficient (Wildman–Crippen LogP) is 3.80. The van der Waals surface area contributed by atoms with Crippen LogP contribution < -0.4 is 10.9 Å². The molecule has 0 radical (unpaired) electrons. The number of aromatic nitrogens is 1. The minimum atomic E-state index is -0.475. The lowest BCUT2D eigenvalue weighted by molar-refractivity contribution is 0.148. The van der Waals surface area contributed by atoms with Gasteiger partial charge in [0.15, 0.2) is 0 Å². The summed E-state index contributed by atoms with van der Waals surface area (Å²) in [7, 11) is 0. The van der Waals surface area contributed by atoms with Crippen molar-refractivity contribution in [3.05, 3.63) is 71.1 Å². The number of carbonyl (C=O) groups excluding carboxylic acids is 1. The number of hydrogen-bond donors (Lipinski definition) is 1. The second kappa shape index (κ2) is 7.87. The Morgan fingerprint density at radius 1 is 1.08 bits per heavy atom. The number of pyridine rings is 1. The van der Waals surface area contributed by atoms with Gasteiger partial charge in [0, 0.05) is 29.7 Å². The van der Waals surface area contributed by atoms with Gasteiger partial charge in [-0.15, -0.1) is 0 Å². The topological polar surface area (TPSA) is 60.3 Å². The molecule has 0 aliphatic carbocycles. The smallest absolute Gasteiger partial charge is 0.407 e. The summed E-state index contributed by atoms with van der Waals surface area (Å²) >= 11 is 0. The lowest BCUT2D eigenvalue weighted by Crippen LogP contribution is -2.38. The van der Waals surface area contributed by atoms with Crippen LogP contribution in [-0.4, -0.2) is 23.3 Å². The van der Waals surface area contributed by atoms with Crippen LogP contribution in [0.15, 0.2) is 65.6 Å². The van der Waals surface area contributed by atoms with E-state index in [2.05, 4.69) is 5.32 Å². The molecule has 1 unspecified atom stereocenters. The van der Waals surface area contributed by atoms with Crippen molar-refractivity contribution in [2.45, 2.75) is 26.4 Å². The maximum absolute atomic E-state index is 12.9. The van der Waals surface area contributed by atoms with E-state index < -0.39 is 6.09 Å². The Morgan fingerprint density at radius 2 is 1.73 bits per heavy atom. The molecule has 1 amide bonds. The van der Waals surface area contributed by atoms with Crippen molar-refractivity contribution >= 4 is 16.9 Å². The number of nitrogens with one attached hydrogen (secondary N) is 1. The molecule has 5 nitrogen and oxygen atoms in total. The van der Waals surface area contributed by atoms with Crippen molar-refractivity contribution in [3.63, 3.8) is 0 Å².